The summed E-state index contributed by atoms with van der Waals surface area (Å²) in [5.74, 6) is 0.586. The summed E-state index contributed by atoms with van der Waals surface area (Å²) < 4.78 is 0. The van der Waals surface area contributed by atoms with Crippen LogP contribution in [0.2, 0.25) is 0 Å². The molecule has 1 aliphatic carbocycles. The number of carbonyl (C=O) groups excluding carboxylic acids is 1. The van der Waals surface area contributed by atoms with Gasteiger partial charge in [0.1, 0.15) is 0 Å². The van der Waals surface area contributed by atoms with E-state index in [0.29, 0.717) is 23.3 Å². The number of nitrogens with zero attached hydrogens (tertiary/aromatic N) is 1. The van der Waals surface area contributed by atoms with Gasteiger partial charge in [-0.1, -0.05) is 26.0 Å². The van der Waals surface area contributed by atoms with E-state index in [1.54, 1.807) is 6.07 Å². The van der Waals surface area contributed by atoms with Gasteiger partial charge in [0.2, 0.25) is 5.91 Å². The first-order valence-electron chi connectivity index (χ1n) is 7.40. The molecule has 4 nitrogen and oxygen atoms in total. The van der Waals surface area contributed by atoms with Crippen molar-refractivity contribution in [3.63, 3.8) is 0 Å². The summed E-state index contributed by atoms with van der Waals surface area (Å²) in [4.78, 5) is 14.7. The smallest absolute Gasteiger partial charge is 0.241 e. The molecule has 0 radical (unpaired) electrons. The molecule has 1 aromatic carbocycles. The lowest BCUT2D eigenvalue weighted by molar-refractivity contribution is -0.121. The highest BCUT2D eigenvalue weighted by molar-refractivity contribution is 5.97. The van der Waals surface area contributed by atoms with Crippen LogP contribution in [0.4, 0.5) is 11.4 Å². The Labute approximate surface area is 121 Å². The summed E-state index contributed by atoms with van der Waals surface area (Å²) in [6.07, 6.45) is 2.41. The van der Waals surface area contributed by atoms with Crippen LogP contribution in [0.1, 0.15) is 33.6 Å². The molecular weight excluding hydrogens is 250 g/mol. The van der Waals surface area contributed by atoms with Crippen LogP contribution in [0.25, 0.3) is 0 Å². The van der Waals surface area contributed by atoms with Crippen LogP contribution >= 0.6 is 0 Å². The summed E-state index contributed by atoms with van der Waals surface area (Å²) >= 11 is 0. The Bertz CT molecular complexity index is 469. The quantitative estimate of drug-likeness (QED) is 0.785. The summed E-state index contributed by atoms with van der Waals surface area (Å²) in [5, 5.41) is 2.94. The number of rotatable bonds is 6. The Balaban J connectivity index is 2.01. The Hall–Kier alpha value is -1.55. The molecule has 1 fully saturated rings. The predicted octanol–water partition coefficient (Wildman–Crippen LogP) is 2.72. The topological polar surface area (TPSA) is 58.4 Å². The van der Waals surface area contributed by atoms with Crippen molar-refractivity contribution in [2.45, 2.75) is 45.7 Å². The second kappa shape index (κ2) is 6.27. The molecule has 1 atom stereocenters. The highest BCUT2D eigenvalue weighted by Crippen LogP contribution is 2.30. The van der Waals surface area contributed by atoms with Crippen LogP contribution in [0.15, 0.2) is 24.3 Å². The van der Waals surface area contributed by atoms with Gasteiger partial charge in [-0.05, 0) is 37.8 Å². The van der Waals surface area contributed by atoms with E-state index in [2.05, 4.69) is 24.1 Å². The Kier molecular flexibility index (Phi) is 4.65. The lowest BCUT2D eigenvalue weighted by Gasteiger charge is -2.29. The Morgan fingerprint density at radius 2 is 2.00 bits per heavy atom. The fourth-order valence-electron chi connectivity index (χ4n) is 2.45. The molecule has 0 aromatic heterocycles. The minimum Gasteiger partial charge on any atom is -0.397 e. The number of amides is 1. The number of hydrogen-bond acceptors (Lipinski definition) is 3. The maximum Gasteiger partial charge on any atom is 0.241 e. The van der Waals surface area contributed by atoms with Gasteiger partial charge in [0.25, 0.3) is 0 Å². The van der Waals surface area contributed by atoms with Crippen LogP contribution in [-0.2, 0) is 4.79 Å². The molecule has 1 unspecified atom stereocenters. The van der Waals surface area contributed by atoms with Crippen molar-refractivity contribution in [3.05, 3.63) is 24.3 Å². The SMILES string of the molecule is CC(C)CN(C1CC1)C(C)C(=O)Nc1ccccc1N. The average molecular weight is 275 g/mol. The molecule has 0 spiro atoms. The fraction of sp³-hybridized carbons (Fsp3) is 0.562. The van der Waals surface area contributed by atoms with Crippen LogP contribution in [0.5, 0.6) is 0 Å². The predicted molar refractivity (Wildman–Crippen MR) is 83.5 cm³/mol. The van der Waals surface area contributed by atoms with Crippen LogP contribution < -0.4 is 11.1 Å². The van der Waals surface area contributed by atoms with Gasteiger partial charge < -0.3 is 11.1 Å². The van der Waals surface area contributed by atoms with Crippen LogP contribution in [0, 0.1) is 5.92 Å². The lowest BCUT2D eigenvalue weighted by atomic mass is 10.1. The molecule has 110 valence electrons. The highest BCUT2D eigenvalue weighted by Gasteiger charge is 2.35. The Morgan fingerprint density at radius 1 is 1.35 bits per heavy atom. The number of nitrogen functional groups attached to an aromatic ring is 1. The van der Waals surface area contributed by atoms with E-state index in [-0.39, 0.29) is 11.9 Å². The molecule has 0 saturated heterocycles. The van der Waals surface area contributed by atoms with Crippen LogP contribution in [0.3, 0.4) is 0 Å². The molecule has 0 bridgehead atoms. The third-order valence-corrected chi connectivity index (χ3v) is 3.69. The van der Waals surface area contributed by atoms with Crippen molar-refractivity contribution in [1.82, 2.24) is 4.90 Å². The number of nitrogens with one attached hydrogen (secondary N) is 1. The van der Waals surface area contributed by atoms with Gasteiger partial charge in [0, 0.05) is 12.6 Å². The standard InChI is InChI=1S/C16H25N3O/c1-11(2)10-19(13-8-9-13)12(3)16(20)18-15-7-5-4-6-14(15)17/h4-7,11-13H,8-10,17H2,1-3H3,(H,18,20). The van der Waals surface area contributed by atoms with Gasteiger partial charge in [-0.2, -0.15) is 0 Å². The summed E-state index contributed by atoms with van der Waals surface area (Å²) in [6.45, 7) is 7.32. The molecule has 1 saturated carbocycles. The normalized spacial score (nSPS) is 16.4. The van der Waals surface area contributed by atoms with E-state index in [1.807, 2.05) is 25.1 Å². The number of benzene rings is 1. The molecule has 3 N–H and O–H groups in total. The number of nitrogens with two attached hydrogens (primary N) is 1. The number of carbonyl (C=O) groups is 1. The molecule has 1 aromatic rings. The van der Waals surface area contributed by atoms with Crippen molar-refractivity contribution in [3.8, 4) is 0 Å². The number of anilines is 2. The fourth-order valence-corrected chi connectivity index (χ4v) is 2.45. The maximum absolute atomic E-state index is 12.4. The Morgan fingerprint density at radius 3 is 2.55 bits per heavy atom. The molecule has 0 aliphatic heterocycles. The van der Waals surface area contributed by atoms with Gasteiger partial charge in [0.15, 0.2) is 0 Å². The monoisotopic (exact) mass is 275 g/mol. The molecule has 2 rings (SSSR count). The molecule has 1 aliphatic rings. The summed E-state index contributed by atoms with van der Waals surface area (Å²) in [5.41, 5.74) is 7.17. The summed E-state index contributed by atoms with van der Waals surface area (Å²) in [7, 11) is 0. The zero-order valence-corrected chi connectivity index (χ0v) is 12.6. The molecular formula is C16H25N3O. The second-order valence-electron chi connectivity index (χ2n) is 6.07. The largest absolute Gasteiger partial charge is 0.397 e. The van der Waals surface area contributed by atoms with Gasteiger partial charge >= 0.3 is 0 Å². The van der Waals surface area contributed by atoms with Gasteiger partial charge in [0.05, 0.1) is 17.4 Å². The molecule has 0 heterocycles. The molecule has 20 heavy (non-hydrogen) atoms. The highest BCUT2D eigenvalue weighted by atomic mass is 16.2. The number of para-hydroxylation sites is 2. The first-order chi connectivity index (χ1) is 9.49. The van der Waals surface area contributed by atoms with Gasteiger partial charge in [-0.25, -0.2) is 0 Å². The summed E-state index contributed by atoms with van der Waals surface area (Å²) in [6, 6.07) is 7.83. The van der Waals surface area contributed by atoms with Crippen molar-refractivity contribution in [1.29, 1.82) is 0 Å². The van der Waals surface area contributed by atoms with E-state index in [1.165, 1.54) is 12.8 Å². The molecule has 1 amide bonds. The van der Waals surface area contributed by atoms with E-state index in [9.17, 15) is 4.79 Å². The van der Waals surface area contributed by atoms with E-state index < -0.39 is 0 Å². The van der Waals surface area contributed by atoms with Crippen LogP contribution in [-0.4, -0.2) is 29.4 Å². The zero-order valence-electron chi connectivity index (χ0n) is 12.6. The minimum absolute atomic E-state index is 0.0236. The van der Waals surface area contributed by atoms with E-state index in [4.69, 9.17) is 5.73 Å². The second-order valence-corrected chi connectivity index (χ2v) is 6.07. The van der Waals surface area contributed by atoms with E-state index in [0.717, 1.165) is 6.54 Å². The van der Waals surface area contributed by atoms with Gasteiger partial charge in [-0.15, -0.1) is 0 Å². The number of hydrogen-bond donors (Lipinski definition) is 2. The maximum atomic E-state index is 12.4. The third-order valence-electron chi connectivity index (χ3n) is 3.69. The van der Waals surface area contributed by atoms with Crippen molar-refractivity contribution in [2.24, 2.45) is 5.92 Å². The van der Waals surface area contributed by atoms with E-state index >= 15 is 0 Å². The van der Waals surface area contributed by atoms with Gasteiger partial charge in [-0.3, -0.25) is 9.69 Å². The van der Waals surface area contributed by atoms with Crippen molar-refractivity contribution < 1.29 is 4.79 Å². The first-order valence-corrected chi connectivity index (χ1v) is 7.40. The third kappa shape index (κ3) is 3.73. The first kappa shape index (κ1) is 14.9. The van der Waals surface area contributed by atoms with Crippen molar-refractivity contribution >= 4 is 17.3 Å². The lowest BCUT2D eigenvalue weighted by Crippen LogP contribution is -2.45. The zero-order chi connectivity index (χ0) is 14.7. The van der Waals surface area contributed by atoms with Crippen molar-refractivity contribution in [2.75, 3.05) is 17.6 Å². The average Bonchev–Trinajstić information content (AvgIpc) is 3.22. The minimum atomic E-state index is -0.121. The molecule has 4 heteroatoms.